The molecule has 3 rings (SSSR count). The maximum Gasteiger partial charge on any atom is 0.364 e. The van der Waals surface area contributed by atoms with Crippen LogP contribution in [-0.4, -0.2) is 38.9 Å². The van der Waals surface area contributed by atoms with Crippen LogP contribution in [-0.2, 0) is 0 Å². The lowest BCUT2D eigenvalue weighted by atomic mass is 9.92. The summed E-state index contributed by atoms with van der Waals surface area (Å²) in [6.45, 7) is 3.77. The Morgan fingerprint density at radius 1 is 1.53 bits per heavy atom. The summed E-state index contributed by atoms with van der Waals surface area (Å²) >= 11 is 0. The zero-order valence-corrected chi connectivity index (χ0v) is 10.9. The molecule has 19 heavy (non-hydrogen) atoms. The van der Waals surface area contributed by atoms with Crippen molar-refractivity contribution in [2.75, 3.05) is 18.0 Å². The predicted octanol–water partition coefficient (Wildman–Crippen LogP) is -0.0188. The van der Waals surface area contributed by atoms with Crippen molar-refractivity contribution in [2.24, 2.45) is 11.7 Å². The molecule has 1 fully saturated rings. The molecule has 1 aliphatic heterocycles. The van der Waals surface area contributed by atoms with Gasteiger partial charge in [-0.1, -0.05) is 6.92 Å². The fraction of sp³-hybridized carbons (Fsp3) is 0.583. The van der Waals surface area contributed by atoms with Gasteiger partial charge in [-0.3, -0.25) is 0 Å². The zero-order valence-electron chi connectivity index (χ0n) is 10.9. The Kier molecular flexibility index (Phi) is 2.98. The lowest BCUT2D eigenvalue weighted by molar-refractivity contribution is 0.364. The van der Waals surface area contributed by atoms with Crippen LogP contribution in [0.15, 0.2) is 16.9 Å². The van der Waals surface area contributed by atoms with E-state index in [9.17, 15) is 4.79 Å². The fourth-order valence-corrected chi connectivity index (χ4v) is 2.72. The molecule has 0 aromatic carbocycles. The molecule has 2 aromatic rings. The molecule has 2 unspecified atom stereocenters. The quantitative estimate of drug-likeness (QED) is 0.793. The van der Waals surface area contributed by atoms with Gasteiger partial charge in [0.25, 0.3) is 0 Å². The highest BCUT2D eigenvalue weighted by Crippen LogP contribution is 2.25. The Labute approximate surface area is 110 Å². The molecule has 0 radical (unpaired) electrons. The number of nitrogens with two attached hydrogens (primary N) is 1. The van der Waals surface area contributed by atoms with Gasteiger partial charge < -0.3 is 10.6 Å². The number of hydrogen-bond donors (Lipinski definition) is 2. The first kappa shape index (κ1) is 12.2. The van der Waals surface area contributed by atoms with E-state index in [2.05, 4.69) is 27.1 Å². The third kappa shape index (κ3) is 2.10. The minimum atomic E-state index is -0.313. The van der Waals surface area contributed by atoms with E-state index in [1.807, 2.05) is 6.07 Å². The maximum atomic E-state index is 11.6. The lowest BCUT2D eigenvalue weighted by Crippen LogP contribution is -2.47. The van der Waals surface area contributed by atoms with Gasteiger partial charge in [0.15, 0.2) is 5.65 Å². The Hall–Kier alpha value is -1.89. The SMILES string of the molecule is CC1CCN(c2ccc3n[nH]c(=O)n3n2)C(CN)C1. The van der Waals surface area contributed by atoms with Gasteiger partial charge in [-0.25, -0.2) is 9.89 Å². The smallest absolute Gasteiger partial charge is 0.351 e. The number of nitrogens with zero attached hydrogens (tertiary/aromatic N) is 4. The van der Waals surface area contributed by atoms with Gasteiger partial charge in [0.1, 0.15) is 5.82 Å². The van der Waals surface area contributed by atoms with Gasteiger partial charge in [0, 0.05) is 19.1 Å². The first-order chi connectivity index (χ1) is 9.19. The molecule has 0 aliphatic carbocycles. The van der Waals surface area contributed by atoms with E-state index in [0.29, 0.717) is 18.1 Å². The highest BCUT2D eigenvalue weighted by Gasteiger charge is 2.26. The second-order valence-corrected chi connectivity index (χ2v) is 5.20. The van der Waals surface area contributed by atoms with E-state index >= 15 is 0 Å². The number of anilines is 1. The average Bonchev–Trinajstić information content (AvgIpc) is 2.80. The van der Waals surface area contributed by atoms with E-state index in [0.717, 1.165) is 25.2 Å². The molecular weight excluding hydrogens is 244 g/mol. The van der Waals surface area contributed by atoms with Gasteiger partial charge >= 0.3 is 5.69 Å². The molecule has 0 saturated carbocycles. The van der Waals surface area contributed by atoms with Crippen LogP contribution >= 0.6 is 0 Å². The molecular formula is C12H18N6O. The van der Waals surface area contributed by atoms with E-state index in [1.54, 1.807) is 6.07 Å². The molecule has 102 valence electrons. The summed E-state index contributed by atoms with van der Waals surface area (Å²) in [4.78, 5) is 13.7. The van der Waals surface area contributed by atoms with Gasteiger partial charge in [-0.05, 0) is 30.9 Å². The number of piperidine rings is 1. The van der Waals surface area contributed by atoms with Crippen molar-refractivity contribution in [1.29, 1.82) is 0 Å². The van der Waals surface area contributed by atoms with E-state index in [-0.39, 0.29) is 11.7 Å². The van der Waals surface area contributed by atoms with E-state index in [4.69, 9.17) is 5.73 Å². The second kappa shape index (κ2) is 4.65. The normalized spacial score (nSPS) is 24.0. The van der Waals surface area contributed by atoms with Crippen molar-refractivity contribution in [2.45, 2.75) is 25.8 Å². The summed E-state index contributed by atoms with van der Waals surface area (Å²) in [6.07, 6.45) is 2.19. The van der Waals surface area contributed by atoms with Crippen molar-refractivity contribution >= 4 is 11.5 Å². The van der Waals surface area contributed by atoms with Crippen molar-refractivity contribution in [3.05, 3.63) is 22.6 Å². The Balaban J connectivity index is 1.98. The maximum absolute atomic E-state index is 11.6. The third-order valence-corrected chi connectivity index (χ3v) is 3.80. The monoisotopic (exact) mass is 262 g/mol. The van der Waals surface area contributed by atoms with Gasteiger partial charge in [0.05, 0.1) is 0 Å². The lowest BCUT2D eigenvalue weighted by Gasteiger charge is -2.38. The summed E-state index contributed by atoms with van der Waals surface area (Å²) in [5.41, 5.74) is 6.08. The first-order valence-electron chi connectivity index (χ1n) is 6.60. The van der Waals surface area contributed by atoms with Crippen LogP contribution in [0.25, 0.3) is 5.65 Å². The molecule has 7 heteroatoms. The van der Waals surface area contributed by atoms with Crippen LogP contribution in [0.5, 0.6) is 0 Å². The molecule has 7 nitrogen and oxygen atoms in total. The van der Waals surface area contributed by atoms with E-state index < -0.39 is 0 Å². The number of nitrogens with one attached hydrogen (secondary N) is 1. The largest absolute Gasteiger partial charge is 0.364 e. The van der Waals surface area contributed by atoms with Crippen molar-refractivity contribution in [1.82, 2.24) is 19.8 Å². The fourth-order valence-electron chi connectivity index (χ4n) is 2.72. The van der Waals surface area contributed by atoms with Crippen LogP contribution in [0.4, 0.5) is 5.82 Å². The van der Waals surface area contributed by atoms with Crippen LogP contribution in [0.1, 0.15) is 19.8 Å². The van der Waals surface area contributed by atoms with Crippen LogP contribution in [0.3, 0.4) is 0 Å². The van der Waals surface area contributed by atoms with Crippen molar-refractivity contribution in [3.63, 3.8) is 0 Å². The molecule has 2 atom stereocenters. The summed E-state index contributed by atoms with van der Waals surface area (Å²) in [7, 11) is 0. The highest BCUT2D eigenvalue weighted by atomic mass is 16.2. The number of aromatic nitrogens is 4. The predicted molar refractivity (Wildman–Crippen MR) is 72.2 cm³/mol. The van der Waals surface area contributed by atoms with Gasteiger partial charge in [-0.15, -0.1) is 5.10 Å². The molecule has 0 amide bonds. The topological polar surface area (TPSA) is 92.3 Å². The number of aromatic amines is 1. The van der Waals surface area contributed by atoms with Crippen molar-refractivity contribution in [3.8, 4) is 0 Å². The van der Waals surface area contributed by atoms with Crippen LogP contribution in [0.2, 0.25) is 0 Å². The Bertz CT molecular complexity index is 632. The molecule has 1 aliphatic rings. The number of rotatable bonds is 2. The molecule has 3 heterocycles. The summed E-state index contributed by atoms with van der Waals surface area (Å²) < 4.78 is 1.29. The standard InChI is InChI=1S/C12H18N6O/c1-8-4-5-17(9(6-8)7-13)11-3-2-10-14-15-12(19)18(10)16-11/h2-3,8-9H,4-7,13H2,1H3,(H,15,19). The van der Waals surface area contributed by atoms with Crippen molar-refractivity contribution < 1.29 is 0 Å². The first-order valence-corrected chi connectivity index (χ1v) is 6.60. The van der Waals surface area contributed by atoms with Gasteiger partial charge in [0.2, 0.25) is 0 Å². The second-order valence-electron chi connectivity index (χ2n) is 5.20. The number of hydrogen-bond acceptors (Lipinski definition) is 5. The molecule has 1 saturated heterocycles. The van der Waals surface area contributed by atoms with E-state index in [1.165, 1.54) is 4.52 Å². The minimum Gasteiger partial charge on any atom is -0.351 e. The van der Waals surface area contributed by atoms with Gasteiger partial charge in [-0.2, -0.15) is 9.61 Å². The Morgan fingerprint density at radius 3 is 3.16 bits per heavy atom. The zero-order chi connectivity index (χ0) is 13.4. The Morgan fingerprint density at radius 2 is 2.37 bits per heavy atom. The molecule has 0 bridgehead atoms. The molecule has 0 spiro atoms. The number of fused-ring (bicyclic) bond motifs is 1. The summed E-state index contributed by atoms with van der Waals surface area (Å²) in [6, 6.07) is 3.98. The number of H-pyrrole nitrogens is 1. The summed E-state index contributed by atoms with van der Waals surface area (Å²) in [5, 5.41) is 10.6. The average molecular weight is 262 g/mol. The minimum absolute atomic E-state index is 0.288. The summed E-state index contributed by atoms with van der Waals surface area (Å²) in [5.74, 6) is 1.48. The third-order valence-electron chi connectivity index (χ3n) is 3.80. The molecule has 3 N–H and O–H groups in total. The van der Waals surface area contributed by atoms with Crippen LogP contribution < -0.4 is 16.3 Å². The van der Waals surface area contributed by atoms with Crippen LogP contribution in [0, 0.1) is 5.92 Å². The highest BCUT2D eigenvalue weighted by molar-refractivity contribution is 5.46. The molecule has 2 aromatic heterocycles.